The van der Waals surface area contributed by atoms with Gasteiger partial charge < -0.3 is 19.2 Å². The lowest BCUT2D eigenvalue weighted by atomic mass is 10.0. The minimum Gasteiger partial charge on any atom is -0.486 e. The van der Waals surface area contributed by atoms with Crippen LogP contribution >= 0.6 is 0 Å². The van der Waals surface area contributed by atoms with Gasteiger partial charge in [-0.15, -0.1) is 0 Å². The predicted molar refractivity (Wildman–Crippen MR) is 130 cm³/mol. The number of aromatic nitrogens is 1. The molecule has 0 saturated heterocycles. The number of ether oxygens (including phenoxy) is 2. The molecule has 6 nitrogen and oxygen atoms in total. The van der Waals surface area contributed by atoms with Crippen molar-refractivity contribution >= 4 is 22.7 Å². The first-order chi connectivity index (χ1) is 16.7. The SMILES string of the molecule is O=C(Nc1ccc2oc(-c3ccc(-c4ccccc4)cc3)nc2c1)c1ccc2c(c1)OCCO2. The molecule has 4 aromatic carbocycles. The van der Waals surface area contributed by atoms with E-state index in [0.29, 0.717) is 53.0 Å². The van der Waals surface area contributed by atoms with E-state index >= 15 is 0 Å². The first-order valence-corrected chi connectivity index (χ1v) is 11.0. The summed E-state index contributed by atoms with van der Waals surface area (Å²) in [6.07, 6.45) is 0. The first kappa shape index (κ1) is 20.1. The molecule has 0 radical (unpaired) electrons. The molecule has 0 spiro atoms. The number of rotatable bonds is 4. The Balaban J connectivity index is 1.22. The lowest BCUT2D eigenvalue weighted by molar-refractivity contribution is 0.102. The molecule has 1 aromatic heterocycles. The maximum Gasteiger partial charge on any atom is 0.255 e. The Labute approximate surface area is 195 Å². The zero-order valence-electron chi connectivity index (χ0n) is 18.2. The van der Waals surface area contributed by atoms with Crippen molar-refractivity contribution in [2.45, 2.75) is 0 Å². The van der Waals surface area contributed by atoms with Crippen LogP contribution < -0.4 is 14.8 Å². The number of carbonyl (C=O) groups is 1. The summed E-state index contributed by atoms with van der Waals surface area (Å²) < 4.78 is 17.0. The molecule has 5 aromatic rings. The highest BCUT2D eigenvalue weighted by atomic mass is 16.6. The lowest BCUT2D eigenvalue weighted by Crippen LogP contribution is -2.17. The van der Waals surface area contributed by atoms with Crippen molar-refractivity contribution in [3.8, 4) is 34.1 Å². The zero-order valence-corrected chi connectivity index (χ0v) is 18.2. The van der Waals surface area contributed by atoms with Crippen LogP contribution in [0.15, 0.2) is 95.4 Å². The zero-order chi connectivity index (χ0) is 22.9. The van der Waals surface area contributed by atoms with Gasteiger partial charge in [0.05, 0.1) is 0 Å². The molecule has 0 atom stereocenters. The molecule has 6 rings (SSSR count). The summed E-state index contributed by atoms with van der Waals surface area (Å²) in [5.74, 6) is 1.52. The van der Waals surface area contributed by atoms with Crippen LogP contribution in [0.3, 0.4) is 0 Å². The van der Waals surface area contributed by atoms with Gasteiger partial charge in [0.15, 0.2) is 17.1 Å². The van der Waals surface area contributed by atoms with Gasteiger partial charge in [0.2, 0.25) is 5.89 Å². The Hall–Kier alpha value is -4.58. The standard InChI is InChI=1S/C28H20N2O4/c31-27(21-10-12-25-26(16-21)33-15-14-32-25)29-22-11-13-24-23(17-22)30-28(34-24)20-8-6-19(7-9-20)18-4-2-1-3-5-18/h1-13,16-17H,14-15H2,(H,29,31). The summed E-state index contributed by atoms with van der Waals surface area (Å²) in [6, 6.07) is 28.9. The van der Waals surface area contributed by atoms with Gasteiger partial charge in [-0.3, -0.25) is 4.79 Å². The largest absolute Gasteiger partial charge is 0.486 e. The van der Waals surface area contributed by atoms with Gasteiger partial charge in [-0.1, -0.05) is 42.5 Å². The number of oxazole rings is 1. The second kappa shape index (κ2) is 8.41. The molecule has 0 bridgehead atoms. The second-order valence-corrected chi connectivity index (χ2v) is 7.96. The van der Waals surface area contributed by atoms with Crippen LogP contribution in [-0.4, -0.2) is 24.1 Å². The smallest absolute Gasteiger partial charge is 0.255 e. The van der Waals surface area contributed by atoms with Crippen molar-refractivity contribution in [2.24, 2.45) is 0 Å². The molecule has 0 aliphatic carbocycles. The topological polar surface area (TPSA) is 73.6 Å². The van der Waals surface area contributed by atoms with E-state index < -0.39 is 0 Å². The van der Waals surface area contributed by atoms with Crippen molar-refractivity contribution in [3.63, 3.8) is 0 Å². The molecule has 1 amide bonds. The van der Waals surface area contributed by atoms with Gasteiger partial charge in [0.25, 0.3) is 5.91 Å². The molecule has 1 N–H and O–H groups in total. The van der Waals surface area contributed by atoms with Crippen LogP contribution in [0.2, 0.25) is 0 Å². The molecule has 0 unspecified atom stereocenters. The number of anilines is 1. The monoisotopic (exact) mass is 448 g/mol. The highest BCUT2D eigenvalue weighted by Gasteiger charge is 2.16. The molecule has 0 fully saturated rings. The summed E-state index contributed by atoms with van der Waals surface area (Å²) in [5, 5.41) is 2.91. The highest BCUT2D eigenvalue weighted by Crippen LogP contribution is 2.32. The van der Waals surface area contributed by atoms with E-state index in [1.54, 1.807) is 30.3 Å². The Bertz CT molecular complexity index is 1490. The Morgan fingerprint density at radius 2 is 1.47 bits per heavy atom. The van der Waals surface area contributed by atoms with Crippen LogP contribution in [0.25, 0.3) is 33.7 Å². The summed E-state index contributed by atoms with van der Waals surface area (Å²) >= 11 is 0. The maximum absolute atomic E-state index is 12.8. The quantitative estimate of drug-likeness (QED) is 0.355. The highest BCUT2D eigenvalue weighted by molar-refractivity contribution is 6.05. The van der Waals surface area contributed by atoms with E-state index in [9.17, 15) is 4.79 Å². The molecule has 1 aliphatic rings. The summed E-state index contributed by atoms with van der Waals surface area (Å²) in [5.41, 5.74) is 5.62. The van der Waals surface area contributed by atoms with Crippen molar-refractivity contribution in [2.75, 3.05) is 18.5 Å². The van der Waals surface area contributed by atoms with Crippen LogP contribution in [-0.2, 0) is 0 Å². The summed E-state index contributed by atoms with van der Waals surface area (Å²) in [7, 11) is 0. The fraction of sp³-hybridized carbons (Fsp3) is 0.0714. The van der Waals surface area contributed by atoms with Gasteiger partial charge in [-0.2, -0.15) is 0 Å². The van der Waals surface area contributed by atoms with Crippen LogP contribution in [0, 0.1) is 0 Å². The Morgan fingerprint density at radius 3 is 2.29 bits per heavy atom. The molecule has 2 heterocycles. The minimum absolute atomic E-state index is 0.239. The van der Waals surface area contributed by atoms with E-state index in [1.807, 2.05) is 36.4 Å². The third-order valence-electron chi connectivity index (χ3n) is 5.69. The molecular weight excluding hydrogens is 428 g/mol. The van der Waals surface area contributed by atoms with Gasteiger partial charge in [-0.05, 0) is 59.7 Å². The van der Waals surface area contributed by atoms with E-state index in [0.717, 1.165) is 16.7 Å². The molecule has 34 heavy (non-hydrogen) atoms. The van der Waals surface area contributed by atoms with Crippen LogP contribution in [0.4, 0.5) is 5.69 Å². The van der Waals surface area contributed by atoms with Crippen molar-refractivity contribution < 1.29 is 18.7 Å². The van der Waals surface area contributed by atoms with E-state index in [-0.39, 0.29) is 5.91 Å². The number of hydrogen-bond donors (Lipinski definition) is 1. The van der Waals surface area contributed by atoms with Gasteiger partial charge in [-0.25, -0.2) is 4.98 Å². The maximum atomic E-state index is 12.8. The lowest BCUT2D eigenvalue weighted by Gasteiger charge is -2.18. The predicted octanol–water partition coefficient (Wildman–Crippen LogP) is 6.19. The average Bonchev–Trinajstić information content (AvgIpc) is 3.32. The number of amides is 1. The van der Waals surface area contributed by atoms with Gasteiger partial charge in [0.1, 0.15) is 18.7 Å². The number of benzene rings is 4. The number of hydrogen-bond acceptors (Lipinski definition) is 5. The third kappa shape index (κ3) is 3.86. The molecule has 6 heteroatoms. The molecule has 166 valence electrons. The fourth-order valence-corrected chi connectivity index (χ4v) is 3.95. The summed E-state index contributed by atoms with van der Waals surface area (Å²) in [4.78, 5) is 17.4. The number of nitrogens with one attached hydrogen (secondary N) is 1. The van der Waals surface area contributed by atoms with Crippen molar-refractivity contribution in [1.29, 1.82) is 0 Å². The van der Waals surface area contributed by atoms with Crippen molar-refractivity contribution in [1.82, 2.24) is 4.98 Å². The molecule has 1 aliphatic heterocycles. The number of nitrogens with zero attached hydrogens (tertiary/aromatic N) is 1. The van der Waals surface area contributed by atoms with Gasteiger partial charge in [0, 0.05) is 16.8 Å². The Kier molecular flexibility index (Phi) is 4.96. The van der Waals surface area contributed by atoms with E-state index in [2.05, 4.69) is 34.6 Å². The van der Waals surface area contributed by atoms with E-state index in [1.165, 1.54) is 0 Å². The third-order valence-corrected chi connectivity index (χ3v) is 5.69. The normalized spacial score (nSPS) is 12.5. The average molecular weight is 448 g/mol. The van der Waals surface area contributed by atoms with Gasteiger partial charge >= 0.3 is 0 Å². The van der Waals surface area contributed by atoms with E-state index in [4.69, 9.17) is 13.9 Å². The first-order valence-electron chi connectivity index (χ1n) is 11.0. The Morgan fingerprint density at radius 1 is 0.735 bits per heavy atom. The van der Waals surface area contributed by atoms with Crippen LogP contribution in [0.5, 0.6) is 11.5 Å². The number of carbonyl (C=O) groups excluding carboxylic acids is 1. The molecule has 0 saturated carbocycles. The minimum atomic E-state index is -0.239. The van der Waals surface area contributed by atoms with Crippen LogP contribution in [0.1, 0.15) is 10.4 Å². The molecular formula is C28H20N2O4. The fourth-order valence-electron chi connectivity index (χ4n) is 3.95. The summed E-state index contributed by atoms with van der Waals surface area (Å²) in [6.45, 7) is 0.980. The van der Waals surface area contributed by atoms with Crippen molar-refractivity contribution in [3.05, 3.63) is 96.6 Å². The number of fused-ring (bicyclic) bond motifs is 2. The second-order valence-electron chi connectivity index (χ2n) is 7.96.